The molecule has 0 aromatic heterocycles. The lowest BCUT2D eigenvalue weighted by molar-refractivity contribution is 0.102. The fourth-order valence-corrected chi connectivity index (χ4v) is 3.58. The van der Waals surface area contributed by atoms with Gasteiger partial charge in [0.05, 0.1) is 11.5 Å². The molecule has 0 heterocycles. The molecular weight excluding hydrogens is 184 g/mol. The summed E-state index contributed by atoms with van der Waals surface area (Å²) in [5.41, 5.74) is 6.06. The summed E-state index contributed by atoms with van der Waals surface area (Å²) in [7, 11) is 0. The maximum absolute atomic E-state index is 9.53. The lowest BCUT2D eigenvalue weighted by Gasteiger charge is -2.44. The highest BCUT2D eigenvalue weighted by Gasteiger charge is 2.45. The molecule has 2 aliphatic rings. The van der Waals surface area contributed by atoms with Gasteiger partial charge in [0, 0.05) is 6.04 Å². The van der Waals surface area contributed by atoms with Crippen LogP contribution >= 0.6 is 0 Å². The van der Waals surface area contributed by atoms with E-state index in [0.717, 1.165) is 12.8 Å². The van der Waals surface area contributed by atoms with Gasteiger partial charge in [-0.2, -0.15) is 5.26 Å². The minimum atomic E-state index is -0.168. The van der Waals surface area contributed by atoms with Crippen LogP contribution in [0.3, 0.4) is 0 Å². The van der Waals surface area contributed by atoms with Gasteiger partial charge in [-0.05, 0) is 31.6 Å². The van der Waals surface area contributed by atoms with Crippen molar-refractivity contribution >= 4 is 0 Å². The molecule has 0 saturated heterocycles. The van der Waals surface area contributed by atoms with Crippen molar-refractivity contribution in [2.75, 3.05) is 0 Å². The Morgan fingerprint density at radius 3 is 2.27 bits per heavy atom. The number of rotatable bonds is 1. The monoisotopic (exact) mass is 206 g/mol. The fraction of sp³-hybridized carbons (Fsp3) is 0.923. The number of nitriles is 1. The standard InChI is InChI=1S/C13H22N2/c14-10-13(9-5-4-8-12(13)15)11-6-2-1-3-7-11/h11-12H,1-9,15H2. The van der Waals surface area contributed by atoms with Crippen molar-refractivity contribution in [1.29, 1.82) is 5.26 Å². The molecule has 2 nitrogen and oxygen atoms in total. The van der Waals surface area contributed by atoms with Crippen LogP contribution < -0.4 is 5.73 Å². The molecule has 0 aromatic carbocycles. The van der Waals surface area contributed by atoms with Gasteiger partial charge in [0.1, 0.15) is 0 Å². The average Bonchev–Trinajstić information content (AvgIpc) is 2.31. The van der Waals surface area contributed by atoms with Gasteiger partial charge in [0.15, 0.2) is 0 Å². The molecule has 0 radical (unpaired) electrons. The number of hydrogen-bond donors (Lipinski definition) is 1. The minimum Gasteiger partial charge on any atom is -0.326 e. The van der Waals surface area contributed by atoms with Crippen molar-refractivity contribution in [3.63, 3.8) is 0 Å². The third-order valence-corrected chi connectivity index (χ3v) is 4.56. The Morgan fingerprint density at radius 2 is 1.67 bits per heavy atom. The lowest BCUT2D eigenvalue weighted by atomic mass is 9.60. The van der Waals surface area contributed by atoms with E-state index in [4.69, 9.17) is 5.73 Å². The van der Waals surface area contributed by atoms with Crippen LogP contribution in [0.5, 0.6) is 0 Å². The molecule has 15 heavy (non-hydrogen) atoms. The second-order valence-corrected chi connectivity index (χ2v) is 5.34. The smallest absolute Gasteiger partial charge is 0.0752 e. The van der Waals surface area contributed by atoms with Crippen LogP contribution in [0.2, 0.25) is 0 Å². The van der Waals surface area contributed by atoms with E-state index >= 15 is 0 Å². The van der Waals surface area contributed by atoms with E-state index in [1.54, 1.807) is 0 Å². The highest BCUT2D eigenvalue weighted by atomic mass is 14.7. The first-order valence-electron chi connectivity index (χ1n) is 6.46. The van der Waals surface area contributed by atoms with Crippen LogP contribution in [-0.4, -0.2) is 6.04 Å². The quantitative estimate of drug-likeness (QED) is 0.717. The topological polar surface area (TPSA) is 49.8 Å². The predicted octanol–water partition coefficient (Wildman–Crippen LogP) is 2.98. The van der Waals surface area contributed by atoms with Gasteiger partial charge in [-0.25, -0.2) is 0 Å². The Balaban J connectivity index is 2.15. The fourth-order valence-electron chi connectivity index (χ4n) is 3.58. The molecule has 2 heteroatoms. The van der Waals surface area contributed by atoms with Gasteiger partial charge < -0.3 is 5.73 Å². The molecule has 0 aromatic rings. The zero-order valence-electron chi connectivity index (χ0n) is 9.54. The summed E-state index contributed by atoms with van der Waals surface area (Å²) in [6.07, 6.45) is 11.0. The van der Waals surface area contributed by atoms with Crippen molar-refractivity contribution in [3.05, 3.63) is 0 Å². The molecule has 0 aliphatic heterocycles. The van der Waals surface area contributed by atoms with Crippen LogP contribution in [0, 0.1) is 22.7 Å². The van der Waals surface area contributed by atoms with Gasteiger partial charge in [0.2, 0.25) is 0 Å². The van der Waals surface area contributed by atoms with Gasteiger partial charge in [0.25, 0.3) is 0 Å². The summed E-state index contributed by atoms with van der Waals surface area (Å²) in [6, 6.07) is 2.75. The van der Waals surface area contributed by atoms with E-state index in [2.05, 4.69) is 6.07 Å². The van der Waals surface area contributed by atoms with E-state index in [-0.39, 0.29) is 11.5 Å². The SMILES string of the molecule is N#CC1(C2CCCCC2)CCCCC1N. The van der Waals surface area contributed by atoms with Crippen LogP contribution in [0.25, 0.3) is 0 Å². The summed E-state index contributed by atoms with van der Waals surface area (Å²) < 4.78 is 0. The molecule has 2 aliphatic carbocycles. The Kier molecular flexibility index (Phi) is 3.31. The summed E-state index contributed by atoms with van der Waals surface area (Å²) in [5, 5.41) is 9.53. The van der Waals surface area contributed by atoms with Crippen LogP contribution in [0.1, 0.15) is 57.8 Å². The number of hydrogen-bond acceptors (Lipinski definition) is 2. The molecule has 84 valence electrons. The lowest BCUT2D eigenvalue weighted by Crippen LogP contribution is -2.48. The maximum Gasteiger partial charge on any atom is 0.0752 e. The van der Waals surface area contributed by atoms with E-state index in [9.17, 15) is 5.26 Å². The van der Waals surface area contributed by atoms with E-state index in [1.807, 2.05) is 0 Å². The molecule has 0 bridgehead atoms. The highest BCUT2D eigenvalue weighted by molar-refractivity contribution is 5.10. The van der Waals surface area contributed by atoms with Crippen molar-refractivity contribution < 1.29 is 0 Å². The van der Waals surface area contributed by atoms with E-state index in [1.165, 1.54) is 44.9 Å². The summed E-state index contributed by atoms with van der Waals surface area (Å²) >= 11 is 0. The third kappa shape index (κ3) is 1.90. The normalized spacial score (nSPS) is 38.5. The molecule has 2 fully saturated rings. The molecule has 2 atom stereocenters. The minimum absolute atomic E-state index is 0.138. The first-order valence-corrected chi connectivity index (χ1v) is 6.46. The first-order chi connectivity index (χ1) is 7.29. The summed E-state index contributed by atoms with van der Waals surface area (Å²) in [4.78, 5) is 0. The van der Waals surface area contributed by atoms with E-state index < -0.39 is 0 Å². The van der Waals surface area contributed by atoms with Crippen molar-refractivity contribution in [1.82, 2.24) is 0 Å². The predicted molar refractivity (Wildman–Crippen MR) is 61.1 cm³/mol. The molecule has 2 unspecified atom stereocenters. The second kappa shape index (κ2) is 4.53. The number of nitrogens with two attached hydrogens (primary N) is 1. The van der Waals surface area contributed by atoms with E-state index in [0.29, 0.717) is 5.92 Å². The zero-order chi connectivity index (χ0) is 10.7. The number of nitrogens with zero attached hydrogens (tertiary/aromatic N) is 1. The summed E-state index contributed by atoms with van der Waals surface area (Å²) in [6.45, 7) is 0. The third-order valence-electron chi connectivity index (χ3n) is 4.56. The first kappa shape index (κ1) is 11.0. The van der Waals surface area contributed by atoms with Gasteiger partial charge >= 0.3 is 0 Å². The molecule has 2 rings (SSSR count). The Bertz CT molecular complexity index is 250. The van der Waals surface area contributed by atoms with Crippen LogP contribution in [0.15, 0.2) is 0 Å². The van der Waals surface area contributed by atoms with Crippen molar-refractivity contribution in [2.24, 2.45) is 17.1 Å². The highest BCUT2D eigenvalue weighted by Crippen LogP contribution is 2.47. The average molecular weight is 206 g/mol. The second-order valence-electron chi connectivity index (χ2n) is 5.34. The Labute approximate surface area is 92.8 Å². The molecule has 0 spiro atoms. The van der Waals surface area contributed by atoms with Gasteiger partial charge in [-0.3, -0.25) is 0 Å². The Hall–Kier alpha value is -0.550. The molecular formula is C13H22N2. The molecule has 2 saturated carbocycles. The van der Waals surface area contributed by atoms with Crippen LogP contribution in [-0.2, 0) is 0 Å². The summed E-state index contributed by atoms with van der Waals surface area (Å²) in [5.74, 6) is 0.589. The van der Waals surface area contributed by atoms with Crippen LogP contribution in [0.4, 0.5) is 0 Å². The largest absolute Gasteiger partial charge is 0.326 e. The Morgan fingerprint density at radius 1 is 1.00 bits per heavy atom. The molecule has 0 amide bonds. The van der Waals surface area contributed by atoms with Gasteiger partial charge in [-0.1, -0.05) is 32.1 Å². The maximum atomic E-state index is 9.53. The molecule has 2 N–H and O–H groups in total. The van der Waals surface area contributed by atoms with Gasteiger partial charge in [-0.15, -0.1) is 0 Å². The van der Waals surface area contributed by atoms with Crippen molar-refractivity contribution in [2.45, 2.75) is 63.8 Å². The zero-order valence-corrected chi connectivity index (χ0v) is 9.54. The van der Waals surface area contributed by atoms with Crippen molar-refractivity contribution in [3.8, 4) is 6.07 Å².